The second-order valence-corrected chi connectivity index (χ2v) is 6.60. The van der Waals surface area contributed by atoms with Gasteiger partial charge in [-0.1, -0.05) is 22.0 Å². The van der Waals surface area contributed by atoms with Crippen molar-refractivity contribution in [2.24, 2.45) is 12.8 Å². The van der Waals surface area contributed by atoms with Crippen molar-refractivity contribution in [3.63, 3.8) is 0 Å². The van der Waals surface area contributed by atoms with Crippen LogP contribution in [-0.4, -0.2) is 21.6 Å². The van der Waals surface area contributed by atoms with Crippen LogP contribution in [0.2, 0.25) is 0 Å². The number of rotatable bonds is 6. The van der Waals surface area contributed by atoms with Gasteiger partial charge in [0.25, 0.3) is 0 Å². The minimum absolute atomic E-state index is 0.212. The Labute approximate surface area is 126 Å². The Bertz CT molecular complexity index is 527. The fraction of sp³-hybridized carbons (Fsp3) is 0.357. The Balaban J connectivity index is 1.74. The first-order chi connectivity index (χ1) is 9.13. The molecule has 2 aromatic rings. The van der Waals surface area contributed by atoms with Crippen LogP contribution in [0.15, 0.2) is 46.0 Å². The Morgan fingerprint density at radius 3 is 3.00 bits per heavy atom. The third-order valence-electron chi connectivity index (χ3n) is 2.82. The smallest absolute Gasteiger partial charge is 0.0521 e. The van der Waals surface area contributed by atoms with Crippen LogP contribution in [0.1, 0.15) is 12.0 Å². The molecule has 0 spiro atoms. The predicted molar refractivity (Wildman–Crippen MR) is 84.4 cm³/mol. The van der Waals surface area contributed by atoms with Crippen LogP contribution in [0.3, 0.4) is 0 Å². The van der Waals surface area contributed by atoms with Crippen LogP contribution in [0.4, 0.5) is 0 Å². The van der Waals surface area contributed by atoms with E-state index in [1.807, 2.05) is 48.0 Å². The Hall–Kier alpha value is -0.780. The SMILES string of the molecule is Cn1cc(CCC(N)CSc2cccc(Br)c2)cn1. The number of benzene rings is 1. The summed E-state index contributed by atoms with van der Waals surface area (Å²) in [5.41, 5.74) is 7.41. The number of nitrogens with zero attached hydrogens (tertiary/aromatic N) is 2. The average Bonchev–Trinajstić information content (AvgIpc) is 2.80. The molecule has 0 aliphatic heterocycles. The van der Waals surface area contributed by atoms with Crippen LogP contribution in [0.25, 0.3) is 0 Å². The quantitative estimate of drug-likeness (QED) is 0.821. The van der Waals surface area contributed by atoms with E-state index in [4.69, 9.17) is 5.73 Å². The highest BCUT2D eigenvalue weighted by Gasteiger charge is 2.05. The average molecular weight is 340 g/mol. The molecule has 0 aliphatic rings. The number of thioether (sulfide) groups is 1. The predicted octanol–water partition coefficient (Wildman–Crippen LogP) is 3.23. The molecule has 0 bridgehead atoms. The van der Waals surface area contributed by atoms with E-state index in [1.54, 1.807) is 0 Å². The minimum atomic E-state index is 0.212. The molecule has 0 aliphatic carbocycles. The van der Waals surface area contributed by atoms with Gasteiger partial charge >= 0.3 is 0 Å². The summed E-state index contributed by atoms with van der Waals surface area (Å²) < 4.78 is 2.94. The van der Waals surface area contributed by atoms with Crippen molar-refractivity contribution in [3.8, 4) is 0 Å². The first-order valence-electron chi connectivity index (χ1n) is 6.25. The van der Waals surface area contributed by atoms with Gasteiger partial charge in [-0.3, -0.25) is 4.68 Å². The summed E-state index contributed by atoms with van der Waals surface area (Å²) in [4.78, 5) is 1.26. The molecule has 0 radical (unpaired) electrons. The molecule has 0 fully saturated rings. The van der Waals surface area contributed by atoms with Gasteiger partial charge < -0.3 is 5.73 Å². The molecule has 1 atom stereocenters. The highest BCUT2D eigenvalue weighted by Crippen LogP contribution is 2.22. The van der Waals surface area contributed by atoms with Crippen molar-refractivity contribution in [2.45, 2.75) is 23.8 Å². The van der Waals surface area contributed by atoms with Crippen molar-refractivity contribution in [2.75, 3.05) is 5.75 Å². The van der Waals surface area contributed by atoms with Crippen molar-refractivity contribution >= 4 is 27.7 Å². The van der Waals surface area contributed by atoms with Crippen LogP contribution in [0, 0.1) is 0 Å². The Kier molecular flexibility index (Phi) is 5.48. The van der Waals surface area contributed by atoms with Crippen LogP contribution in [0.5, 0.6) is 0 Å². The lowest BCUT2D eigenvalue weighted by Crippen LogP contribution is -2.23. The molecule has 0 saturated heterocycles. The molecule has 102 valence electrons. The maximum atomic E-state index is 6.15. The second kappa shape index (κ2) is 7.12. The van der Waals surface area contributed by atoms with Crippen molar-refractivity contribution in [3.05, 3.63) is 46.7 Å². The lowest BCUT2D eigenvalue weighted by atomic mass is 10.1. The van der Waals surface area contributed by atoms with E-state index in [0.717, 1.165) is 23.1 Å². The van der Waals surface area contributed by atoms with E-state index < -0.39 is 0 Å². The van der Waals surface area contributed by atoms with Gasteiger partial charge in [0.15, 0.2) is 0 Å². The summed E-state index contributed by atoms with van der Waals surface area (Å²) in [5.74, 6) is 0.941. The number of hydrogen-bond donors (Lipinski definition) is 1. The highest BCUT2D eigenvalue weighted by atomic mass is 79.9. The largest absolute Gasteiger partial charge is 0.327 e. The summed E-state index contributed by atoms with van der Waals surface area (Å²) in [5, 5.41) is 4.16. The summed E-state index contributed by atoms with van der Waals surface area (Å²) in [7, 11) is 1.94. The molecule has 1 heterocycles. The van der Waals surface area contributed by atoms with Crippen molar-refractivity contribution < 1.29 is 0 Å². The maximum absolute atomic E-state index is 6.15. The van der Waals surface area contributed by atoms with E-state index in [0.29, 0.717) is 0 Å². The van der Waals surface area contributed by atoms with E-state index in [2.05, 4.69) is 33.2 Å². The molecule has 2 rings (SSSR count). The minimum Gasteiger partial charge on any atom is -0.327 e. The molecule has 2 N–H and O–H groups in total. The van der Waals surface area contributed by atoms with E-state index in [1.165, 1.54) is 10.5 Å². The second-order valence-electron chi connectivity index (χ2n) is 4.59. The molecule has 1 aromatic carbocycles. The fourth-order valence-electron chi connectivity index (χ4n) is 1.80. The third-order valence-corrected chi connectivity index (χ3v) is 4.50. The van der Waals surface area contributed by atoms with Crippen molar-refractivity contribution in [1.82, 2.24) is 9.78 Å². The Morgan fingerprint density at radius 2 is 2.32 bits per heavy atom. The molecule has 0 saturated carbocycles. The number of halogens is 1. The van der Waals surface area contributed by atoms with E-state index in [9.17, 15) is 0 Å². The molecule has 3 nitrogen and oxygen atoms in total. The summed E-state index contributed by atoms with van der Waals surface area (Å²) >= 11 is 5.29. The van der Waals surface area contributed by atoms with Crippen LogP contribution < -0.4 is 5.73 Å². The Morgan fingerprint density at radius 1 is 1.47 bits per heavy atom. The molecule has 1 unspecified atom stereocenters. The van der Waals surface area contributed by atoms with Gasteiger partial charge in [-0.25, -0.2) is 0 Å². The van der Waals surface area contributed by atoms with Gasteiger partial charge in [0, 0.05) is 34.4 Å². The zero-order chi connectivity index (χ0) is 13.7. The monoisotopic (exact) mass is 339 g/mol. The van der Waals surface area contributed by atoms with Gasteiger partial charge in [0.2, 0.25) is 0 Å². The number of nitrogens with two attached hydrogens (primary N) is 1. The number of aromatic nitrogens is 2. The van der Waals surface area contributed by atoms with Crippen molar-refractivity contribution in [1.29, 1.82) is 0 Å². The first-order valence-corrected chi connectivity index (χ1v) is 8.03. The maximum Gasteiger partial charge on any atom is 0.0521 e. The summed E-state index contributed by atoms with van der Waals surface area (Å²) in [6.45, 7) is 0. The van der Waals surface area contributed by atoms with E-state index in [-0.39, 0.29) is 6.04 Å². The third kappa shape index (κ3) is 5.01. The normalized spacial score (nSPS) is 12.6. The highest BCUT2D eigenvalue weighted by molar-refractivity contribution is 9.10. The van der Waals surface area contributed by atoms with Gasteiger partial charge in [0.05, 0.1) is 6.20 Å². The van der Waals surface area contributed by atoms with E-state index >= 15 is 0 Å². The van der Waals surface area contributed by atoms with Gasteiger partial charge in [-0.05, 0) is 36.6 Å². The van der Waals surface area contributed by atoms with Crippen LogP contribution >= 0.6 is 27.7 Å². The molecule has 0 amide bonds. The molecular weight excluding hydrogens is 322 g/mol. The lowest BCUT2D eigenvalue weighted by molar-refractivity contribution is 0.674. The molecule has 5 heteroatoms. The number of aryl methyl sites for hydroxylation is 2. The lowest BCUT2D eigenvalue weighted by Gasteiger charge is -2.10. The topological polar surface area (TPSA) is 43.8 Å². The van der Waals surface area contributed by atoms with Crippen LogP contribution in [-0.2, 0) is 13.5 Å². The molecule has 19 heavy (non-hydrogen) atoms. The summed E-state index contributed by atoms with van der Waals surface area (Å²) in [6.07, 6.45) is 5.95. The standard InChI is InChI=1S/C14H18BrN3S/c1-18-9-11(8-17-18)5-6-13(16)10-19-14-4-2-3-12(15)7-14/h2-4,7-9,13H,5-6,10,16H2,1H3. The molecular formula is C14H18BrN3S. The first kappa shape index (κ1) is 14.6. The van der Waals surface area contributed by atoms with Gasteiger partial charge in [-0.2, -0.15) is 5.10 Å². The molecule has 1 aromatic heterocycles. The van der Waals surface area contributed by atoms with Gasteiger partial charge in [0.1, 0.15) is 0 Å². The zero-order valence-electron chi connectivity index (χ0n) is 10.9. The number of hydrogen-bond acceptors (Lipinski definition) is 3. The summed E-state index contributed by atoms with van der Waals surface area (Å²) in [6, 6.07) is 8.53. The van der Waals surface area contributed by atoms with Gasteiger partial charge in [-0.15, -0.1) is 11.8 Å². The fourth-order valence-corrected chi connectivity index (χ4v) is 3.31. The zero-order valence-corrected chi connectivity index (χ0v) is 13.3.